The highest BCUT2D eigenvalue weighted by atomic mass is 16.5. The number of pyridine rings is 1. The molecule has 19 heavy (non-hydrogen) atoms. The van der Waals surface area contributed by atoms with E-state index in [9.17, 15) is 4.79 Å². The molecule has 4 nitrogen and oxygen atoms in total. The first-order valence-corrected chi connectivity index (χ1v) is 6.28. The van der Waals surface area contributed by atoms with Crippen molar-refractivity contribution >= 4 is 17.2 Å². The molecule has 0 amide bonds. The SMILES string of the molecule is C=C(OCC)c1ccc(C(=O)OCC)n2cccc12. The maximum atomic E-state index is 11.9. The fraction of sp³-hybridized carbons (Fsp3) is 0.267. The summed E-state index contributed by atoms with van der Waals surface area (Å²) < 4.78 is 12.3. The molecule has 4 heteroatoms. The number of carbonyl (C=O) groups excluding carboxylic acids is 1. The molecule has 0 fully saturated rings. The normalized spacial score (nSPS) is 10.4. The van der Waals surface area contributed by atoms with Crippen LogP contribution in [0.4, 0.5) is 0 Å². The van der Waals surface area contributed by atoms with Crippen molar-refractivity contribution in [2.24, 2.45) is 0 Å². The summed E-state index contributed by atoms with van der Waals surface area (Å²) in [4.78, 5) is 11.9. The second-order valence-corrected chi connectivity index (χ2v) is 3.97. The molecule has 100 valence electrons. The van der Waals surface area contributed by atoms with Crippen LogP contribution in [0.15, 0.2) is 37.0 Å². The highest BCUT2D eigenvalue weighted by molar-refractivity contribution is 5.90. The second-order valence-electron chi connectivity index (χ2n) is 3.97. The fourth-order valence-corrected chi connectivity index (χ4v) is 2.00. The van der Waals surface area contributed by atoms with E-state index < -0.39 is 0 Å². The van der Waals surface area contributed by atoms with Crippen LogP contribution < -0.4 is 0 Å². The Kier molecular flexibility index (Phi) is 3.90. The summed E-state index contributed by atoms with van der Waals surface area (Å²) in [7, 11) is 0. The molecule has 0 saturated carbocycles. The van der Waals surface area contributed by atoms with Gasteiger partial charge in [0, 0.05) is 11.8 Å². The van der Waals surface area contributed by atoms with Crippen LogP contribution in [0.5, 0.6) is 0 Å². The smallest absolute Gasteiger partial charge is 0.355 e. The van der Waals surface area contributed by atoms with Gasteiger partial charge in [-0.1, -0.05) is 6.58 Å². The van der Waals surface area contributed by atoms with Gasteiger partial charge >= 0.3 is 5.97 Å². The maximum absolute atomic E-state index is 11.9. The van der Waals surface area contributed by atoms with Gasteiger partial charge in [-0.3, -0.25) is 0 Å². The lowest BCUT2D eigenvalue weighted by Crippen LogP contribution is -2.10. The van der Waals surface area contributed by atoms with Gasteiger partial charge in [-0.15, -0.1) is 0 Å². The van der Waals surface area contributed by atoms with E-state index in [0.29, 0.717) is 24.7 Å². The van der Waals surface area contributed by atoms with Crippen molar-refractivity contribution in [2.75, 3.05) is 13.2 Å². The van der Waals surface area contributed by atoms with Gasteiger partial charge in [-0.05, 0) is 38.1 Å². The van der Waals surface area contributed by atoms with Crippen LogP contribution in [0.25, 0.3) is 11.3 Å². The number of esters is 1. The molecule has 0 aliphatic heterocycles. The number of ether oxygens (including phenoxy) is 2. The Labute approximate surface area is 112 Å². The number of nitrogens with zero attached hydrogens (tertiary/aromatic N) is 1. The summed E-state index contributed by atoms with van der Waals surface area (Å²) in [5.41, 5.74) is 2.25. The quantitative estimate of drug-likeness (QED) is 0.612. The lowest BCUT2D eigenvalue weighted by Gasteiger charge is -2.12. The number of rotatable bonds is 5. The summed E-state index contributed by atoms with van der Waals surface area (Å²) in [6, 6.07) is 7.35. The van der Waals surface area contributed by atoms with Crippen molar-refractivity contribution in [2.45, 2.75) is 13.8 Å². The van der Waals surface area contributed by atoms with E-state index in [2.05, 4.69) is 6.58 Å². The van der Waals surface area contributed by atoms with Crippen molar-refractivity contribution in [3.05, 3.63) is 48.3 Å². The minimum absolute atomic E-state index is 0.336. The second kappa shape index (κ2) is 5.61. The zero-order chi connectivity index (χ0) is 13.8. The molecule has 0 atom stereocenters. The van der Waals surface area contributed by atoms with E-state index in [-0.39, 0.29) is 5.97 Å². The third-order valence-electron chi connectivity index (χ3n) is 2.80. The minimum Gasteiger partial charge on any atom is -0.494 e. The Morgan fingerprint density at radius 1 is 1.21 bits per heavy atom. The van der Waals surface area contributed by atoms with Gasteiger partial charge in [0.1, 0.15) is 11.5 Å². The number of aromatic nitrogens is 1. The zero-order valence-electron chi connectivity index (χ0n) is 11.2. The lowest BCUT2D eigenvalue weighted by molar-refractivity contribution is 0.0517. The van der Waals surface area contributed by atoms with E-state index in [4.69, 9.17) is 9.47 Å². The minimum atomic E-state index is -0.336. The van der Waals surface area contributed by atoms with Gasteiger partial charge in [0.15, 0.2) is 0 Å². The van der Waals surface area contributed by atoms with Crippen LogP contribution in [-0.4, -0.2) is 23.6 Å². The molecule has 2 rings (SSSR count). The summed E-state index contributed by atoms with van der Waals surface area (Å²) in [5, 5.41) is 0. The summed E-state index contributed by atoms with van der Waals surface area (Å²) >= 11 is 0. The van der Waals surface area contributed by atoms with Crippen molar-refractivity contribution in [1.29, 1.82) is 0 Å². The molecule has 0 aromatic carbocycles. The molecule has 0 aliphatic carbocycles. The van der Waals surface area contributed by atoms with Gasteiger partial charge in [0.2, 0.25) is 0 Å². The zero-order valence-corrected chi connectivity index (χ0v) is 11.2. The highest BCUT2D eigenvalue weighted by Crippen LogP contribution is 2.22. The predicted molar refractivity (Wildman–Crippen MR) is 74.0 cm³/mol. The molecular weight excluding hydrogens is 242 g/mol. The van der Waals surface area contributed by atoms with Gasteiger partial charge < -0.3 is 13.9 Å². The number of carbonyl (C=O) groups is 1. The standard InChI is InChI=1S/C15H17NO3/c1-4-18-11(3)12-8-9-14(15(17)19-5-2)16-10-6-7-13(12)16/h6-10H,3-5H2,1-2H3. The number of hydrogen-bond acceptors (Lipinski definition) is 3. The Bertz CT molecular complexity index is 561. The maximum Gasteiger partial charge on any atom is 0.355 e. The summed E-state index contributed by atoms with van der Waals surface area (Å²) in [6.07, 6.45) is 1.82. The Morgan fingerprint density at radius 3 is 2.63 bits per heavy atom. The van der Waals surface area contributed by atoms with E-state index in [0.717, 1.165) is 11.1 Å². The van der Waals surface area contributed by atoms with Crippen LogP contribution in [-0.2, 0) is 9.47 Å². The fourth-order valence-electron chi connectivity index (χ4n) is 2.00. The average Bonchev–Trinajstić information content (AvgIpc) is 2.87. The molecule has 0 bridgehead atoms. The van der Waals surface area contributed by atoms with Crippen molar-refractivity contribution in [3.63, 3.8) is 0 Å². The van der Waals surface area contributed by atoms with Crippen molar-refractivity contribution < 1.29 is 14.3 Å². The summed E-state index contributed by atoms with van der Waals surface area (Å²) in [6.45, 7) is 8.52. The first-order chi connectivity index (χ1) is 9.19. The first kappa shape index (κ1) is 13.2. The van der Waals surface area contributed by atoms with Gasteiger partial charge in [0.25, 0.3) is 0 Å². The number of hydrogen-bond donors (Lipinski definition) is 0. The Morgan fingerprint density at radius 2 is 1.95 bits per heavy atom. The number of fused-ring (bicyclic) bond motifs is 1. The molecule has 0 aliphatic rings. The molecule has 0 N–H and O–H groups in total. The highest BCUT2D eigenvalue weighted by Gasteiger charge is 2.14. The van der Waals surface area contributed by atoms with Gasteiger partial charge in [-0.2, -0.15) is 0 Å². The van der Waals surface area contributed by atoms with Crippen LogP contribution >= 0.6 is 0 Å². The monoisotopic (exact) mass is 259 g/mol. The average molecular weight is 259 g/mol. The third kappa shape index (κ3) is 2.47. The molecule has 0 spiro atoms. The van der Waals surface area contributed by atoms with Gasteiger partial charge in [0.05, 0.1) is 18.7 Å². The largest absolute Gasteiger partial charge is 0.494 e. The van der Waals surface area contributed by atoms with E-state index in [1.165, 1.54) is 0 Å². The van der Waals surface area contributed by atoms with Crippen LogP contribution in [0.3, 0.4) is 0 Å². The van der Waals surface area contributed by atoms with Crippen LogP contribution in [0.1, 0.15) is 29.9 Å². The molecule has 0 unspecified atom stereocenters. The van der Waals surface area contributed by atoms with E-state index in [1.807, 2.05) is 31.3 Å². The van der Waals surface area contributed by atoms with Crippen molar-refractivity contribution in [3.8, 4) is 0 Å². The Hall–Kier alpha value is -2.23. The third-order valence-corrected chi connectivity index (χ3v) is 2.80. The van der Waals surface area contributed by atoms with Crippen LogP contribution in [0, 0.1) is 0 Å². The molecule has 2 aromatic heterocycles. The van der Waals surface area contributed by atoms with Crippen LogP contribution in [0.2, 0.25) is 0 Å². The topological polar surface area (TPSA) is 39.9 Å². The van der Waals surface area contributed by atoms with E-state index >= 15 is 0 Å². The summed E-state index contributed by atoms with van der Waals surface area (Å²) in [5.74, 6) is 0.263. The molecular formula is C15H17NO3. The van der Waals surface area contributed by atoms with Gasteiger partial charge in [-0.25, -0.2) is 4.79 Å². The predicted octanol–water partition coefficient (Wildman–Crippen LogP) is 3.12. The first-order valence-electron chi connectivity index (χ1n) is 6.28. The van der Waals surface area contributed by atoms with E-state index in [1.54, 1.807) is 17.4 Å². The molecule has 2 aromatic rings. The van der Waals surface area contributed by atoms with Crippen molar-refractivity contribution in [1.82, 2.24) is 4.40 Å². The lowest BCUT2D eigenvalue weighted by atomic mass is 10.2. The Balaban J connectivity index is 2.50. The molecule has 2 heterocycles. The molecule has 0 radical (unpaired) electrons. The molecule has 0 saturated heterocycles.